The summed E-state index contributed by atoms with van der Waals surface area (Å²) in [7, 11) is 0. The fraction of sp³-hybridized carbons (Fsp3) is 0.182. The molecule has 0 bridgehead atoms. The number of fused-ring (bicyclic) bond motifs is 1. The quantitative estimate of drug-likeness (QED) is 0.677. The van der Waals surface area contributed by atoms with Crippen molar-refractivity contribution in [2.24, 2.45) is 0 Å². The van der Waals surface area contributed by atoms with Gasteiger partial charge in [0.05, 0.1) is 0 Å². The molecule has 0 aliphatic carbocycles. The molecule has 0 atom stereocenters. The molecule has 0 aliphatic rings. The van der Waals surface area contributed by atoms with Gasteiger partial charge in [-0.2, -0.15) is 0 Å². The van der Waals surface area contributed by atoms with Gasteiger partial charge in [0.25, 0.3) is 0 Å². The number of aromatic nitrogens is 5. The molecule has 17 heavy (non-hydrogen) atoms. The molecule has 2 N–H and O–H groups in total. The van der Waals surface area contributed by atoms with Crippen LogP contribution < -0.4 is 5.73 Å². The summed E-state index contributed by atoms with van der Waals surface area (Å²) in [5.41, 5.74) is 9.26. The van der Waals surface area contributed by atoms with E-state index in [2.05, 4.69) is 15.1 Å². The van der Waals surface area contributed by atoms with E-state index in [0.29, 0.717) is 17.2 Å². The minimum Gasteiger partial charge on any atom is -0.393 e. The van der Waals surface area contributed by atoms with Crippen molar-refractivity contribution < 1.29 is 0 Å². The Balaban J connectivity index is 2.36. The molecule has 3 heterocycles. The molecule has 0 saturated heterocycles. The molecule has 3 aromatic rings. The van der Waals surface area contributed by atoms with Crippen molar-refractivity contribution in [2.75, 3.05) is 5.73 Å². The van der Waals surface area contributed by atoms with Crippen LogP contribution in [0.3, 0.4) is 0 Å². The van der Waals surface area contributed by atoms with E-state index in [1.807, 2.05) is 19.9 Å². The summed E-state index contributed by atoms with van der Waals surface area (Å²) in [6, 6.07) is 1.97. The number of nitrogens with zero attached hydrogens (tertiary/aromatic N) is 5. The molecule has 6 nitrogen and oxygen atoms in total. The lowest BCUT2D eigenvalue weighted by molar-refractivity contribution is 0.852. The number of nitrogen functional groups attached to an aromatic ring is 1. The molecule has 0 saturated carbocycles. The van der Waals surface area contributed by atoms with Crippen LogP contribution in [0.5, 0.6) is 0 Å². The number of hydrogen-bond acceptors (Lipinski definition) is 4. The molecule has 0 amide bonds. The third kappa shape index (κ3) is 1.37. The van der Waals surface area contributed by atoms with E-state index in [-0.39, 0.29) is 0 Å². The van der Waals surface area contributed by atoms with Gasteiger partial charge >= 0.3 is 0 Å². The first-order chi connectivity index (χ1) is 8.16. The number of anilines is 1. The summed E-state index contributed by atoms with van der Waals surface area (Å²) in [5.74, 6) is 0.656. The maximum absolute atomic E-state index is 6.07. The third-order valence-corrected chi connectivity index (χ3v) is 2.66. The van der Waals surface area contributed by atoms with Crippen LogP contribution in [0.2, 0.25) is 0 Å². The van der Waals surface area contributed by atoms with Crippen molar-refractivity contribution in [2.45, 2.75) is 13.8 Å². The summed E-state index contributed by atoms with van der Waals surface area (Å²) in [5, 5.41) is 4.45. The van der Waals surface area contributed by atoms with E-state index in [0.717, 1.165) is 11.4 Å². The molecule has 0 fully saturated rings. The van der Waals surface area contributed by atoms with Gasteiger partial charge in [0.15, 0.2) is 11.5 Å². The maximum atomic E-state index is 6.07. The second-order valence-corrected chi connectivity index (χ2v) is 3.98. The van der Waals surface area contributed by atoms with Gasteiger partial charge in [-0.15, -0.1) is 5.10 Å². The zero-order valence-corrected chi connectivity index (χ0v) is 9.62. The van der Waals surface area contributed by atoms with E-state index < -0.39 is 0 Å². The minimum atomic E-state index is 0.565. The third-order valence-electron chi connectivity index (χ3n) is 2.66. The van der Waals surface area contributed by atoms with Crippen LogP contribution in [0, 0.1) is 13.8 Å². The van der Waals surface area contributed by atoms with Crippen molar-refractivity contribution in [1.29, 1.82) is 0 Å². The predicted octanol–water partition coefficient (Wildman–Crippen LogP) is 1.11. The van der Waals surface area contributed by atoms with E-state index in [1.165, 1.54) is 0 Å². The standard InChI is InChI=1S/C11H12N6/c1-7-5-8(2)17-10(14-7)9(12)11(15-17)16-4-3-13-6-16/h3-6H,12H2,1-2H3. The fourth-order valence-corrected chi connectivity index (χ4v) is 1.90. The predicted molar refractivity (Wildman–Crippen MR) is 64.0 cm³/mol. The summed E-state index contributed by atoms with van der Waals surface area (Å²) in [6.45, 7) is 3.92. The number of aryl methyl sites for hydroxylation is 2. The van der Waals surface area contributed by atoms with Gasteiger partial charge in [-0.05, 0) is 19.9 Å². The lowest BCUT2D eigenvalue weighted by Crippen LogP contribution is -1.98. The maximum Gasteiger partial charge on any atom is 0.186 e. The zero-order valence-electron chi connectivity index (χ0n) is 9.62. The normalized spacial score (nSPS) is 11.2. The van der Waals surface area contributed by atoms with Gasteiger partial charge in [0.2, 0.25) is 0 Å². The zero-order chi connectivity index (χ0) is 12.0. The Hall–Kier alpha value is -2.37. The van der Waals surface area contributed by atoms with Gasteiger partial charge in [-0.25, -0.2) is 14.5 Å². The number of nitrogens with two attached hydrogens (primary N) is 1. The van der Waals surface area contributed by atoms with Crippen LogP contribution in [0.4, 0.5) is 5.69 Å². The Morgan fingerprint density at radius 2 is 2.12 bits per heavy atom. The number of hydrogen-bond donors (Lipinski definition) is 1. The van der Waals surface area contributed by atoms with Gasteiger partial charge in [-0.1, -0.05) is 0 Å². The van der Waals surface area contributed by atoms with E-state index >= 15 is 0 Å². The number of imidazole rings is 1. The Kier molecular flexibility index (Phi) is 1.91. The van der Waals surface area contributed by atoms with Crippen molar-refractivity contribution in [3.8, 4) is 5.82 Å². The first-order valence-electron chi connectivity index (χ1n) is 5.27. The highest BCUT2D eigenvalue weighted by Gasteiger charge is 2.13. The second kappa shape index (κ2) is 3.31. The summed E-state index contributed by atoms with van der Waals surface area (Å²) in [4.78, 5) is 8.40. The SMILES string of the molecule is Cc1cc(C)n2nc(-n3ccnc3)c(N)c2n1. The van der Waals surface area contributed by atoms with Gasteiger partial charge in [0, 0.05) is 23.8 Å². The largest absolute Gasteiger partial charge is 0.393 e. The molecule has 0 unspecified atom stereocenters. The summed E-state index contributed by atoms with van der Waals surface area (Å²) < 4.78 is 3.52. The van der Waals surface area contributed by atoms with Crippen LogP contribution in [-0.2, 0) is 0 Å². The van der Waals surface area contributed by atoms with Crippen LogP contribution in [0.25, 0.3) is 11.5 Å². The molecule has 86 valence electrons. The summed E-state index contributed by atoms with van der Waals surface area (Å²) >= 11 is 0. The van der Waals surface area contributed by atoms with E-state index in [1.54, 1.807) is 27.8 Å². The van der Waals surface area contributed by atoms with Crippen LogP contribution in [-0.4, -0.2) is 24.1 Å². The average Bonchev–Trinajstić information content (AvgIpc) is 2.87. The van der Waals surface area contributed by atoms with Crippen molar-refractivity contribution in [3.63, 3.8) is 0 Å². The summed E-state index contributed by atoms with van der Waals surface area (Å²) in [6.07, 6.45) is 5.16. The highest BCUT2D eigenvalue weighted by atomic mass is 15.3. The highest BCUT2D eigenvalue weighted by molar-refractivity contribution is 5.73. The first-order valence-corrected chi connectivity index (χ1v) is 5.27. The van der Waals surface area contributed by atoms with E-state index in [4.69, 9.17) is 5.73 Å². The van der Waals surface area contributed by atoms with Crippen molar-refractivity contribution in [1.82, 2.24) is 24.1 Å². The second-order valence-electron chi connectivity index (χ2n) is 3.98. The molecule has 0 aliphatic heterocycles. The monoisotopic (exact) mass is 228 g/mol. The Morgan fingerprint density at radius 3 is 2.82 bits per heavy atom. The fourth-order valence-electron chi connectivity index (χ4n) is 1.90. The molecular weight excluding hydrogens is 216 g/mol. The highest BCUT2D eigenvalue weighted by Crippen LogP contribution is 2.21. The molecule has 3 rings (SSSR count). The lowest BCUT2D eigenvalue weighted by atomic mass is 10.3. The van der Waals surface area contributed by atoms with Crippen LogP contribution in [0.1, 0.15) is 11.4 Å². The van der Waals surface area contributed by atoms with Crippen LogP contribution >= 0.6 is 0 Å². The van der Waals surface area contributed by atoms with Crippen LogP contribution in [0.15, 0.2) is 24.8 Å². The molecular formula is C11H12N6. The minimum absolute atomic E-state index is 0.565. The molecule has 6 heteroatoms. The Morgan fingerprint density at radius 1 is 1.29 bits per heavy atom. The molecule has 0 spiro atoms. The molecule has 3 aromatic heterocycles. The Labute approximate surface area is 97.7 Å². The van der Waals surface area contributed by atoms with Crippen molar-refractivity contribution in [3.05, 3.63) is 36.2 Å². The number of rotatable bonds is 1. The topological polar surface area (TPSA) is 74.0 Å². The lowest BCUT2D eigenvalue weighted by Gasteiger charge is -1.99. The molecule has 0 radical (unpaired) electrons. The van der Waals surface area contributed by atoms with Gasteiger partial charge in [-0.3, -0.25) is 4.57 Å². The smallest absolute Gasteiger partial charge is 0.186 e. The first kappa shape index (κ1) is 9.83. The van der Waals surface area contributed by atoms with Gasteiger partial charge < -0.3 is 5.73 Å². The molecule has 0 aromatic carbocycles. The Bertz CT molecular complexity index is 680. The van der Waals surface area contributed by atoms with E-state index in [9.17, 15) is 0 Å². The average molecular weight is 228 g/mol. The van der Waals surface area contributed by atoms with Crippen molar-refractivity contribution >= 4 is 11.3 Å². The van der Waals surface area contributed by atoms with Gasteiger partial charge in [0.1, 0.15) is 12.0 Å².